The van der Waals surface area contributed by atoms with Gasteiger partial charge in [0.1, 0.15) is 5.82 Å². The Morgan fingerprint density at radius 3 is 2.32 bits per heavy atom. The van der Waals surface area contributed by atoms with Gasteiger partial charge in [0.05, 0.1) is 11.5 Å². The first kappa shape index (κ1) is 26.9. The van der Waals surface area contributed by atoms with Crippen molar-refractivity contribution >= 4 is 11.7 Å². The van der Waals surface area contributed by atoms with E-state index in [1.54, 1.807) is 6.07 Å². The van der Waals surface area contributed by atoms with Crippen molar-refractivity contribution in [1.29, 1.82) is 0 Å². The molecule has 0 radical (unpaired) electrons. The molecule has 0 amide bonds. The lowest BCUT2D eigenvalue weighted by molar-refractivity contribution is -0.155. The van der Waals surface area contributed by atoms with Crippen molar-refractivity contribution in [3.05, 3.63) is 90.2 Å². The van der Waals surface area contributed by atoms with Crippen molar-refractivity contribution in [2.75, 3.05) is 37.6 Å². The molecular formula is C32H39FN2O2. The summed E-state index contributed by atoms with van der Waals surface area (Å²) >= 11 is 0. The van der Waals surface area contributed by atoms with E-state index in [2.05, 4.69) is 41.0 Å². The molecule has 0 saturated carbocycles. The molecule has 0 bridgehead atoms. The van der Waals surface area contributed by atoms with Gasteiger partial charge in [0, 0.05) is 37.4 Å². The van der Waals surface area contributed by atoms with Crippen LogP contribution in [-0.4, -0.2) is 49.7 Å². The van der Waals surface area contributed by atoms with Crippen molar-refractivity contribution in [2.24, 2.45) is 0 Å². The van der Waals surface area contributed by atoms with Crippen LogP contribution in [0.5, 0.6) is 0 Å². The van der Waals surface area contributed by atoms with E-state index >= 15 is 0 Å². The van der Waals surface area contributed by atoms with Crippen molar-refractivity contribution in [3.8, 4) is 11.1 Å². The van der Waals surface area contributed by atoms with Crippen LogP contribution in [0.25, 0.3) is 11.1 Å². The van der Waals surface area contributed by atoms with Gasteiger partial charge in [-0.05, 0) is 69.0 Å². The second-order valence-electron chi connectivity index (χ2n) is 10.2. The van der Waals surface area contributed by atoms with Crippen LogP contribution < -0.4 is 4.90 Å². The van der Waals surface area contributed by atoms with Crippen LogP contribution >= 0.6 is 0 Å². The van der Waals surface area contributed by atoms with E-state index in [-0.39, 0.29) is 17.9 Å². The summed E-state index contributed by atoms with van der Waals surface area (Å²) in [7, 11) is 0. The number of rotatable bonds is 10. The Bertz CT molecular complexity index is 1160. The smallest absolute Gasteiger partial charge is 0.316 e. The van der Waals surface area contributed by atoms with Gasteiger partial charge in [-0.3, -0.25) is 9.69 Å². The molecule has 37 heavy (non-hydrogen) atoms. The minimum Gasteiger partial charge on any atom is -0.462 e. The highest BCUT2D eigenvalue weighted by molar-refractivity contribution is 5.83. The second kappa shape index (κ2) is 12.4. The minimum atomic E-state index is -0.611. The maximum absolute atomic E-state index is 14.3. The normalized spacial score (nSPS) is 16.0. The lowest BCUT2D eigenvalue weighted by Crippen LogP contribution is -2.47. The molecule has 1 aliphatic rings. The molecule has 0 aromatic heterocycles. The van der Waals surface area contributed by atoms with Gasteiger partial charge in [0.2, 0.25) is 0 Å². The Morgan fingerprint density at radius 1 is 0.946 bits per heavy atom. The van der Waals surface area contributed by atoms with E-state index in [9.17, 15) is 9.18 Å². The first-order valence-corrected chi connectivity index (χ1v) is 13.5. The van der Waals surface area contributed by atoms with Crippen LogP contribution in [0.1, 0.15) is 45.6 Å². The number of carbonyl (C=O) groups is 1. The summed E-state index contributed by atoms with van der Waals surface area (Å²) in [5.74, 6) is -0.309. The van der Waals surface area contributed by atoms with Gasteiger partial charge in [-0.25, -0.2) is 4.39 Å². The average molecular weight is 503 g/mol. The van der Waals surface area contributed by atoms with Crippen LogP contribution in [0, 0.1) is 5.82 Å². The third-order valence-electron chi connectivity index (χ3n) is 7.51. The molecule has 4 rings (SSSR count). The van der Waals surface area contributed by atoms with Gasteiger partial charge >= 0.3 is 5.97 Å². The van der Waals surface area contributed by atoms with E-state index < -0.39 is 5.41 Å². The van der Waals surface area contributed by atoms with Crippen molar-refractivity contribution < 1.29 is 13.9 Å². The largest absolute Gasteiger partial charge is 0.462 e. The fourth-order valence-corrected chi connectivity index (χ4v) is 5.37. The molecule has 0 aliphatic carbocycles. The Balaban J connectivity index is 1.36. The lowest BCUT2D eigenvalue weighted by atomic mass is 9.74. The Labute approximate surface area is 221 Å². The lowest BCUT2D eigenvalue weighted by Gasteiger charge is -2.37. The Kier molecular flexibility index (Phi) is 8.99. The van der Waals surface area contributed by atoms with Crippen molar-refractivity contribution in [3.63, 3.8) is 0 Å². The molecule has 1 unspecified atom stereocenters. The highest BCUT2D eigenvalue weighted by Crippen LogP contribution is 2.35. The monoisotopic (exact) mass is 502 g/mol. The van der Waals surface area contributed by atoms with Gasteiger partial charge in [-0.15, -0.1) is 0 Å². The Morgan fingerprint density at radius 2 is 1.65 bits per heavy atom. The van der Waals surface area contributed by atoms with Crippen LogP contribution in [0.2, 0.25) is 0 Å². The number of hydrogen-bond donors (Lipinski definition) is 0. The van der Waals surface area contributed by atoms with Crippen molar-refractivity contribution in [1.82, 2.24) is 4.90 Å². The van der Waals surface area contributed by atoms with E-state index in [0.717, 1.165) is 62.4 Å². The van der Waals surface area contributed by atoms with Gasteiger partial charge < -0.3 is 9.64 Å². The molecule has 4 nitrogen and oxygen atoms in total. The van der Waals surface area contributed by atoms with E-state index in [1.165, 1.54) is 6.07 Å². The second-order valence-corrected chi connectivity index (χ2v) is 10.2. The third-order valence-corrected chi connectivity index (χ3v) is 7.51. The molecule has 1 aliphatic heterocycles. The molecule has 3 aromatic rings. The zero-order chi connectivity index (χ0) is 26.3. The van der Waals surface area contributed by atoms with Crippen LogP contribution in [-0.2, 0) is 14.9 Å². The summed E-state index contributed by atoms with van der Waals surface area (Å²) in [6.07, 6.45) is 2.28. The number of ether oxygens (including phenoxy) is 1. The number of anilines is 1. The summed E-state index contributed by atoms with van der Waals surface area (Å²) in [6.45, 7) is 10.6. The molecule has 196 valence electrons. The summed E-state index contributed by atoms with van der Waals surface area (Å²) in [5, 5.41) is 0. The number of hydrogen-bond acceptors (Lipinski definition) is 4. The first-order valence-electron chi connectivity index (χ1n) is 13.5. The molecule has 1 heterocycles. The molecule has 1 atom stereocenters. The Hall–Kier alpha value is -3.18. The predicted octanol–water partition coefficient (Wildman–Crippen LogP) is 6.69. The molecule has 0 N–H and O–H groups in total. The predicted molar refractivity (Wildman–Crippen MR) is 149 cm³/mol. The number of esters is 1. The van der Waals surface area contributed by atoms with Crippen LogP contribution in [0.3, 0.4) is 0 Å². The molecule has 5 heteroatoms. The number of benzene rings is 3. The minimum absolute atomic E-state index is 0.115. The van der Waals surface area contributed by atoms with Crippen LogP contribution in [0.4, 0.5) is 10.1 Å². The number of halogens is 1. The molecule has 1 saturated heterocycles. The standard InChI is InChI=1S/C32H39FN2O2/c1-4-32(31(36)37-25(2)3,27-13-6-5-7-14-27)18-11-19-34-20-22-35(23-21-34)28-15-10-12-26(24-28)29-16-8-9-17-30(29)33/h5-10,12-17,24-25H,4,11,18-23H2,1-3H3. The number of carbonyl (C=O) groups excluding carboxylic acids is 1. The van der Waals surface area contributed by atoms with Crippen LogP contribution in [0.15, 0.2) is 78.9 Å². The summed E-state index contributed by atoms with van der Waals surface area (Å²) in [6, 6.07) is 25.2. The van der Waals surface area contributed by atoms with Gasteiger partial charge in [0.25, 0.3) is 0 Å². The highest BCUT2D eigenvalue weighted by Gasteiger charge is 2.40. The maximum atomic E-state index is 14.3. The molecule has 3 aromatic carbocycles. The van der Waals surface area contributed by atoms with E-state index in [4.69, 9.17) is 4.74 Å². The summed E-state index contributed by atoms with van der Waals surface area (Å²) in [5.41, 5.74) is 3.11. The topological polar surface area (TPSA) is 32.8 Å². The fraction of sp³-hybridized carbons (Fsp3) is 0.406. The van der Waals surface area contributed by atoms with E-state index in [1.807, 2.05) is 56.3 Å². The fourth-order valence-electron chi connectivity index (χ4n) is 5.37. The van der Waals surface area contributed by atoms with Gasteiger partial charge in [-0.1, -0.05) is 67.6 Å². The number of nitrogens with zero attached hydrogens (tertiary/aromatic N) is 2. The molecule has 0 spiro atoms. The quantitative estimate of drug-likeness (QED) is 0.289. The average Bonchev–Trinajstić information content (AvgIpc) is 2.92. The zero-order valence-electron chi connectivity index (χ0n) is 22.3. The maximum Gasteiger partial charge on any atom is 0.316 e. The molecule has 1 fully saturated rings. The first-order chi connectivity index (χ1) is 17.9. The molecular weight excluding hydrogens is 463 g/mol. The van der Waals surface area contributed by atoms with Gasteiger partial charge in [-0.2, -0.15) is 0 Å². The third kappa shape index (κ3) is 6.40. The summed E-state index contributed by atoms with van der Waals surface area (Å²) < 4.78 is 20.0. The highest BCUT2D eigenvalue weighted by atomic mass is 19.1. The SMILES string of the molecule is CCC(CCCN1CCN(c2cccc(-c3ccccc3F)c2)CC1)(C(=O)OC(C)C)c1ccccc1. The van der Waals surface area contributed by atoms with E-state index in [0.29, 0.717) is 12.0 Å². The van der Waals surface area contributed by atoms with Crippen molar-refractivity contribution in [2.45, 2.75) is 51.6 Å². The summed E-state index contributed by atoms with van der Waals surface area (Å²) in [4.78, 5) is 18.1. The number of piperazine rings is 1. The zero-order valence-corrected chi connectivity index (χ0v) is 22.3. The van der Waals surface area contributed by atoms with Gasteiger partial charge in [0.15, 0.2) is 0 Å².